The van der Waals surface area contributed by atoms with Gasteiger partial charge < -0.3 is 9.64 Å². The molecular weight excluding hydrogens is 422 g/mol. The fourth-order valence-corrected chi connectivity index (χ4v) is 3.76. The maximum Gasteiger partial charge on any atom is 0.282 e. The van der Waals surface area contributed by atoms with Gasteiger partial charge in [-0.15, -0.1) is 0 Å². The number of nitrogens with zero attached hydrogens (tertiary/aromatic N) is 3. The van der Waals surface area contributed by atoms with Gasteiger partial charge >= 0.3 is 0 Å². The number of carbonyl (C=O) groups is 2. The van der Waals surface area contributed by atoms with Gasteiger partial charge in [0.05, 0.1) is 5.56 Å². The Morgan fingerprint density at radius 3 is 2.57 bits per heavy atom. The summed E-state index contributed by atoms with van der Waals surface area (Å²) in [4.78, 5) is 30.7. The Labute approximate surface area is 187 Å². The van der Waals surface area contributed by atoms with Gasteiger partial charge in [0.15, 0.2) is 6.61 Å². The molecule has 8 heteroatoms. The number of benzene rings is 1. The number of likely N-dealkylation sites (N-methyl/N-ethyl adjacent to an activating group) is 1. The zero-order chi connectivity index (χ0) is 22.5. The lowest BCUT2D eigenvalue weighted by atomic mass is 10.1. The normalized spacial score (nSPS) is 12.2. The van der Waals surface area contributed by atoms with Crippen LogP contribution in [0.2, 0.25) is 5.02 Å². The van der Waals surface area contributed by atoms with Gasteiger partial charge in [-0.2, -0.15) is 4.99 Å². The van der Waals surface area contributed by atoms with Gasteiger partial charge in [0.2, 0.25) is 0 Å². The summed E-state index contributed by atoms with van der Waals surface area (Å²) in [5, 5.41) is 0.405. The molecule has 0 radical (unpaired) electrons. The highest BCUT2D eigenvalue weighted by Gasteiger charge is 2.18. The first-order chi connectivity index (χ1) is 14.0. The van der Waals surface area contributed by atoms with E-state index >= 15 is 0 Å². The molecule has 2 aromatic rings. The summed E-state index contributed by atoms with van der Waals surface area (Å²) >= 11 is 7.58. The lowest BCUT2D eigenvalue weighted by Crippen LogP contribution is -2.27. The Hall–Kier alpha value is -2.12. The zero-order valence-electron chi connectivity index (χ0n) is 18.5. The minimum atomic E-state index is -0.439. The minimum Gasteiger partial charge on any atom is -0.483 e. The molecule has 164 valence electrons. The summed E-state index contributed by atoms with van der Waals surface area (Å²) in [5.74, 6) is -0.351. The molecule has 6 nitrogen and oxygen atoms in total. The number of hydrogen-bond acceptors (Lipinski definition) is 4. The molecule has 0 fully saturated rings. The maximum atomic E-state index is 13.0. The molecule has 0 aliphatic heterocycles. The van der Waals surface area contributed by atoms with Crippen LogP contribution in [0.25, 0.3) is 0 Å². The highest BCUT2D eigenvalue weighted by Crippen LogP contribution is 2.24. The van der Waals surface area contributed by atoms with E-state index in [0.29, 0.717) is 15.4 Å². The van der Waals surface area contributed by atoms with Crippen LogP contribution in [0, 0.1) is 0 Å². The molecule has 2 amide bonds. The van der Waals surface area contributed by atoms with Gasteiger partial charge in [0.1, 0.15) is 10.4 Å². The van der Waals surface area contributed by atoms with Gasteiger partial charge in [0, 0.05) is 36.4 Å². The highest BCUT2D eigenvalue weighted by atomic mass is 35.5. The molecule has 0 aliphatic carbocycles. The van der Waals surface area contributed by atoms with E-state index in [1.165, 1.54) is 22.5 Å². The number of halogens is 1. The van der Waals surface area contributed by atoms with Gasteiger partial charge in [-0.05, 0) is 63.3 Å². The SMILES string of the molecule is CCCCc1cn(C(C)(C)C)sc1=NC(=O)c1cc(Cl)ccc1OCC(=O)N(C)C. The van der Waals surface area contributed by atoms with Crippen LogP contribution in [0.5, 0.6) is 5.75 Å². The third-order valence-electron chi connectivity index (χ3n) is 4.42. The maximum absolute atomic E-state index is 13.0. The molecule has 0 aliphatic rings. The van der Waals surface area contributed by atoms with Crippen LogP contribution in [0.15, 0.2) is 29.4 Å². The molecule has 1 heterocycles. The van der Waals surface area contributed by atoms with Crippen molar-refractivity contribution in [1.29, 1.82) is 0 Å². The van der Waals surface area contributed by atoms with E-state index in [1.807, 2.05) is 0 Å². The lowest BCUT2D eigenvalue weighted by Gasteiger charge is -2.19. The number of hydrogen-bond donors (Lipinski definition) is 0. The van der Waals surface area contributed by atoms with Gasteiger partial charge in [-0.1, -0.05) is 24.9 Å². The summed E-state index contributed by atoms with van der Waals surface area (Å²) in [6, 6.07) is 4.74. The second-order valence-corrected chi connectivity index (χ2v) is 9.68. The van der Waals surface area contributed by atoms with Crippen molar-refractivity contribution in [2.45, 2.75) is 52.5 Å². The van der Waals surface area contributed by atoms with Crippen LogP contribution in [-0.2, 0) is 16.8 Å². The average molecular weight is 452 g/mol. The Kier molecular flexibility index (Phi) is 8.26. The first kappa shape index (κ1) is 24.2. The highest BCUT2D eigenvalue weighted by molar-refractivity contribution is 7.04. The second-order valence-electron chi connectivity index (χ2n) is 8.29. The number of rotatable bonds is 7. The Balaban J connectivity index is 2.43. The van der Waals surface area contributed by atoms with Crippen LogP contribution in [0.3, 0.4) is 0 Å². The van der Waals surface area contributed by atoms with Crippen molar-refractivity contribution in [3.8, 4) is 5.75 Å². The smallest absolute Gasteiger partial charge is 0.282 e. The molecule has 0 unspecified atom stereocenters. The molecule has 0 saturated carbocycles. The zero-order valence-corrected chi connectivity index (χ0v) is 20.1. The number of aromatic nitrogens is 1. The number of carbonyl (C=O) groups excluding carboxylic acids is 2. The molecule has 1 aromatic heterocycles. The van der Waals surface area contributed by atoms with E-state index in [1.54, 1.807) is 26.2 Å². The monoisotopic (exact) mass is 451 g/mol. The van der Waals surface area contributed by atoms with Crippen molar-refractivity contribution in [3.05, 3.63) is 45.2 Å². The Morgan fingerprint density at radius 2 is 1.97 bits per heavy atom. The third-order valence-corrected chi connectivity index (χ3v) is 6.03. The summed E-state index contributed by atoms with van der Waals surface area (Å²) in [5.41, 5.74) is 1.20. The minimum absolute atomic E-state index is 0.0979. The summed E-state index contributed by atoms with van der Waals surface area (Å²) in [6.07, 6.45) is 5.02. The van der Waals surface area contributed by atoms with Crippen LogP contribution in [-0.4, -0.2) is 41.4 Å². The summed E-state index contributed by atoms with van der Waals surface area (Å²) in [6.45, 7) is 8.31. The Bertz CT molecular complexity index is 971. The molecule has 2 rings (SSSR count). The van der Waals surface area contributed by atoms with E-state index in [-0.39, 0.29) is 23.6 Å². The first-order valence-corrected chi connectivity index (χ1v) is 11.1. The second kappa shape index (κ2) is 10.3. The predicted octanol–water partition coefficient (Wildman–Crippen LogP) is 4.51. The standard InChI is InChI=1S/C22H30ClN3O3S/c1-7-8-9-15-13-26(22(2,3)4)30-21(15)24-20(28)17-12-16(23)10-11-18(17)29-14-19(27)25(5)6/h10-13H,7-9,14H2,1-6H3. The van der Waals surface area contributed by atoms with E-state index in [4.69, 9.17) is 16.3 Å². The van der Waals surface area contributed by atoms with Crippen molar-refractivity contribution in [3.63, 3.8) is 0 Å². The summed E-state index contributed by atoms with van der Waals surface area (Å²) < 4.78 is 8.41. The number of aryl methyl sites for hydroxylation is 1. The van der Waals surface area contributed by atoms with Gasteiger partial charge in [-0.25, -0.2) is 0 Å². The van der Waals surface area contributed by atoms with Crippen LogP contribution in [0.4, 0.5) is 0 Å². The molecule has 0 saturated heterocycles. The van der Waals surface area contributed by atoms with E-state index in [0.717, 1.165) is 24.8 Å². The van der Waals surface area contributed by atoms with Crippen molar-refractivity contribution in [2.24, 2.45) is 4.99 Å². The van der Waals surface area contributed by atoms with E-state index in [9.17, 15) is 9.59 Å². The molecule has 0 N–H and O–H groups in total. The topological polar surface area (TPSA) is 63.9 Å². The predicted molar refractivity (Wildman–Crippen MR) is 121 cm³/mol. The first-order valence-electron chi connectivity index (χ1n) is 9.96. The third kappa shape index (κ3) is 6.44. The van der Waals surface area contributed by atoms with E-state index in [2.05, 4.69) is 42.8 Å². The van der Waals surface area contributed by atoms with Crippen LogP contribution < -0.4 is 9.41 Å². The van der Waals surface area contributed by atoms with Crippen molar-refractivity contribution in [2.75, 3.05) is 20.7 Å². The van der Waals surface area contributed by atoms with Crippen LogP contribution >= 0.6 is 23.1 Å². The molecule has 0 spiro atoms. The average Bonchev–Trinajstić information content (AvgIpc) is 3.07. The van der Waals surface area contributed by atoms with Crippen molar-refractivity contribution < 1.29 is 14.3 Å². The molecule has 0 bridgehead atoms. The van der Waals surface area contributed by atoms with Gasteiger partial charge in [0.25, 0.3) is 11.8 Å². The molecular formula is C22H30ClN3O3S. The lowest BCUT2D eigenvalue weighted by molar-refractivity contribution is -0.130. The molecule has 1 aromatic carbocycles. The quantitative estimate of drug-likeness (QED) is 0.622. The van der Waals surface area contributed by atoms with Crippen molar-refractivity contribution >= 4 is 34.9 Å². The fourth-order valence-electron chi connectivity index (χ4n) is 2.55. The summed E-state index contributed by atoms with van der Waals surface area (Å²) in [7, 11) is 3.29. The largest absolute Gasteiger partial charge is 0.483 e. The number of amides is 2. The van der Waals surface area contributed by atoms with Gasteiger partial charge in [-0.3, -0.25) is 13.5 Å². The fraction of sp³-hybridized carbons (Fsp3) is 0.500. The number of unbranched alkanes of at least 4 members (excludes halogenated alkanes) is 1. The molecule has 0 atom stereocenters. The molecule has 30 heavy (non-hydrogen) atoms. The Morgan fingerprint density at radius 1 is 1.27 bits per heavy atom. The van der Waals surface area contributed by atoms with E-state index < -0.39 is 5.91 Å². The van der Waals surface area contributed by atoms with Crippen LogP contribution in [0.1, 0.15) is 56.5 Å². The van der Waals surface area contributed by atoms with Crippen molar-refractivity contribution in [1.82, 2.24) is 8.86 Å². The number of ether oxygens (including phenoxy) is 1.